The van der Waals surface area contributed by atoms with Crippen LogP contribution in [-0.4, -0.2) is 54.6 Å². The smallest absolute Gasteiger partial charge is 0.0355 e. The molecule has 1 saturated heterocycles. The minimum Gasteiger partial charge on any atom is -0.329 e. The zero-order valence-electron chi connectivity index (χ0n) is 12.4. The lowest BCUT2D eigenvalue weighted by molar-refractivity contribution is 0.00983. The summed E-state index contributed by atoms with van der Waals surface area (Å²) >= 11 is 0. The van der Waals surface area contributed by atoms with Gasteiger partial charge in [0.05, 0.1) is 0 Å². The maximum atomic E-state index is 6.10. The average Bonchev–Trinajstić information content (AvgIpc) is 2.36. The van der Waals surface area contributed by atoms with Gasteiger partial charge in [-0.1, -0.05) is 20.8 Å². The fourth-order valence-corrected chi connectivity index (χ4v) is 2.87. The van der Waals surface area contributed by atoms with Gasteiger partial charge in [0, 0.05) is 18.1 Å². The molecule has 0 aromatic carbocycles. The molecule has 0 aliphatic carbocycles. The van der Waals surface area contributed by atoms with Crippen LogP contribution < -0.4 is 5.73 Å². The van der Waals surface area contributed by atoms with Gasteiger partial charge in [0.15, 0.2) is 0 Å². The highest BCUT2D eigenvalue weighted by Crippen LogP contribution is 2.30. The van der Waals surface area contributed by atoms with E-state index in [0.717, 1.165) is 6.54 Å². The van der Waals surface area contributed by atoms with Crippen molar-refractivity contribution in [2.45, 2.75) is 52.1 Å². The molecule has 1 heterocycles. The fourth-order valence-electron chi connectivity index (χ4n) is 2.87. The second-order valence-electron chi connectivity index (χ2n) is 5.96. The lowest BCUT2D eigenvalue weighted by atomic mass is 9.83. The molecule has 2 N–H and O–H groups in total. The lowest BCUT2D eigenvalue weighted by Gasteiger charge is -2.50. The van der Waals surface area contributed by atoms with Crippen LogP contribution in [0.3, 0.4) is 0 Å². The third kappa shape index (κ3) is 3.21. The van der Waals surface area contributed by atoms with Gasteiger partial charge in [-0.3, -0.25) is 4.90 Å². The number of piperidine rings is 1. The van der Waals surface area contributed by atoms with Crippen LogP contribution in [0, 0.1) is 5.92 Å². The quantitative estimate of drug-likeness (QED) is 0.796. The molecular formula is C14H31N3. The Morgan fingerprint density at radius 1 is 1.24 bits per heavy atom. The van der Waals surface area contributed by atoms with E-state index in [4.69, 9.17) is 5.73 Å². The Labute approximate surface area is 107 Å². The van der Waals surface area contributed by atoms with Crippen molar-refractivity contribution in [2.24, 2.45) is 11.7 Å². The molecular weight excluding hydrogens is 210 g/mol. The number of likely N-dealkylation sites (N-methyl/N-ethyl adjacent to an activating group) is 1. The summed E-state index contributed by atoms with van der Waals surface area (Å²) in [4.78, 5) is 5.08. The van der Waals surface area contributed by atoms with Crippen molar-refractivity contribution in [3.8, 4) is 0 Å². The van der Waals surface area contributed by atoms with Gasteiger partial charge in [-0.05, 0) is 52.4 Å². The van der Waals surface area contributed by atoms with E-state index in [9.17, 15) is 0 Å². The summed E-state index contributed by atoms with van der Waals surface area (Å²) in [5.41, 5.74) is 6.34. The second-order valence-corrected chi connectivity index (χ2v) is 5.96. The summed E-state index contributed by atoms with van der Waals surface area (Å²) in [6.07, 6.45) is 2.43. The molecule has 0 aromatic heterocycles. The first-order valence-electron chi connectivity index (χ1n) is 7.12. The molecule has 0 spiro atoms. The molecule has 3 nitrogen and oxygen atoms in total. The Kier molecular flexibility index (Phi) is 5.42. The average molecular weight is 241 g/mol. The Morgan fingerprint density at radius 3 is 2.12 bits per heavy atom. The number of hydrogen-bond donors (Lipinski definition) is 1. The van der Waals surface area contributed by atoms with Gasteiger partial charge >= 0.3 is 0 Å². The summed E-state index contributed by atoms with van der Waals surface area (Å²) in [5.74, 6) is 0.688. The normalized spacial score (nSPS) is 23.3. The Morgan fingerprint density at radius 2 is 1.76 bits per heavy atom. The van der Waals surface area contributed by atoms with Crippen molar-refractivity contribution < 1.29 is 0 Å². The molecule has 1 atom stereocenters. The van der Waals surface area contributed by atoms with Gasteiger partial charge in [-0.15, -0.1) is 0 Å². The molecule has 0 amide bonds. The second kappa shape index (κ2) is 6.17. The van der Waals surface area contributed by atoms with Crippen LogP contribution in [0.5, 0.6) is 0 Å². The first-order valence-corrected chi connectivity index (χ1v) is 7.12. The van der Waals surface area contributed by atoms with Gasteiger partial charge in [0.1, 0.15) is 0 Å². The van der Waals surface area contributed by atoms with Crippen LogP contribution in [-0.2, 0) is 0 Å². The fraction of sp³-hybridized carbons (Fsp3) is 1.00. The molecule has 0 bridgehead atoms. The van der Waals surface area contributed by atoms with Gasteiger partial charge in [-0.2, -0.15) is 0 Å². The maximum absolute atomic E-state index is 6.10. The number of nitrogens with two attached hydrogens (primary N) is 1. The largest absolute Gasteiger partial charge is 0.329 e. The van der Waals surface area contributed by atoms with Crippen LogP contribution in [0.15, 0.2) is 0 Å². The summed E-state index contributed by atoms with van der Waals surface area (Å²) in [6.45, 7) is 13.5. The van der Waals surface area contributed by atoms with E-state index in [2.05, 4.69) is 44.5 Å². The molecule has 102 valence electrons. The molecule has 0 saturated carbocycles. The van der Waals surface area contributed by atoms with Gasteiger partial charge in [-0.25, -0.2) is 0 Å². The van der Waals surface area contributed by atoms with Crippen molar-refractivity contribution in [1.29, 1.82) is 0 Å². The van der Waals surface area contributed by atoms with E-state index in [1.165, 1.54) is 32.5 Å². The maximum Gasteiger partial charge on any atom is 0.0355 e. The topological polar surface area (TPSA) is 32.5 Å². The highest BCUT2D eigenvalue weighted by atomic mass is 15.2. The number of nitrogens with zero attached hydrogens (tertiary/aromatic N) is 2. The van der Waals surface area contributed by atoms with Crippen LogP contribution in [0.25, 0.3) is 0 Å². The monoisotopic (exact) mass is 241 g/mol. The van der Waals surface area contributed by atoms with E-state index in [0.29, 0.717) is 12.0 Å². The molecule has 17 heavy (non-hydrogen) atoms. The molecule has 1 fully saturated rings. The number of hydrogen-bond acceptors (Lipinski definition) is 3. The summed E-state index contributed by atoms with van der Waals surface area (Å²) in [5, 5.41) is 0. The van der Waals surface area contributed by atoms with E-state index in [1.54, 1.807) is 0 Å². The van der Waals surface area contributed by atoms with Crippen molar-refractivity contribution >= 4 is 0 Å². The molecule has 0 radical (unpaired) electrons. The molecule has 1 unspecified atom stereocenters. The summed E-state index contributed by atoms with van der Waals surface area (Å²) in [6, 6.07) is 0.603. The Balaban J connectivity index is 2.69. The zero-order valence-corrected chi connectivity index (χ0v) is 12.4. The van der Waals surface area contributed by atoms with E-state index in [-0.39, 0.29) is 5.54 Å². The van der Waals surface area contributed by atoms with Gasteiger partial charge in [0.2, 0.25) is 0 Å². The van der Waals surface area contributed by atoms with Crippen LogP contribution in [0.1, 0.15) is 40.5 Å². The number of likely N-dealkylation sites (tertiary alicyclic amines) is 1. The van der Waals surface area contributed by atoms with E-state index >= 15 is 0 Å². The zero-order chi connectivity index (χ0) is 13.1. The summed E-state index contributed by atoms with van der Waals surface area (Å²) < 4.78 is 0. The lowest BCUT2D eigenvalue weighted by Crippen LogP contribution is -2.61. The molecule has 1 aliphatic rings. The minimum absolute atomic E-state index is 0.232. The van der Waals surface area contributed by atoms with Crippen LogP contribution in [0.2, 0.25) is 0 Å². The van der Waals surface area contributed by atoms with Crippen LogP contribution >= 0.6 is 0 Å². The first-order chi connectivity index (χ1) is 7.96. The van der Waals surface area contributed by atoms with E-state index in [1.807, 2.05) is 0 Å². The van der Waals surface area contributed by atoms with Crippen molar-refractivity contribution in [3.05, 3.63) is 0 Å². The summed E-state index contributed by atoms with van der Waals surface area (Å²) in [7, 11) is 2.26. The molecule has 3 heteroatoms. The predicted octanol–water partition coefficient (Wildman–Crippen LogP) is 1.78. The van der Waals surface area contributed by atoms with Crippen molar-refractivity contribution in [3.63, 3.8) is 0 Å². The molecule has 1 aliphatic heterocycles. The molecule has 0 aromatic rings. The SMILES string of the molecule is CCN1CCC(CN)(N(C)C(C)C(C)C)CC1. The highest BCUT2D eigenvalue weighted by Gasteiger charge is 2.38. The third-order valence-corrected chi connectivity index (χ3v) is 4.94. The standard InChI is InChI=1S/C14H31N3/c1-6-17-9-7-14(11-15,8-10-17)16(5)13(4)12(2)3/h12-13H,6-11,15H2,1-5H3. The molecule has 1 rings (SSSR count). The minimum atomic E-state index is 0.232. The van der Waals surface area contributed by atoms with E-state index < -0.39 is 0 Å². The Hall–Kier alpha value is -0.120. The van der Waals surface area contributed by atoms with Crippen molar-refractivity contribution in [2.75, 3.05) is 33.2 Å². The highest BCUT2D eigenvalue weighted by molar-refractivity contribution is 4.97. The number of rotatable bonds is 5. The van der Waals surface area contributed by atoms with Crippen molar-refractivity contribution in [1.82, 2.24) is 9.80 Å². The predicted molar refractivity (Wildman–Crippen MR) is 75.2 cm³/mol. The van der Waals surface area contributed by atoms with Gasteiger partial charge < -0.3 is 10.6 Å². The van der Waals surface area contributed by atoms with Crippen LogP contribution in [0.4, 0.5) is 0 Å². The van der Waals surface area contributed by atoms with Gasteiger partial charge in [0.25, 0.3) is 0 Å². The first kappa shape index (κ1) is 14.9. The Bertz CT molecular complexity index is 220. The third-order valence-electron chi connectivity index (χ3n) is 4.94.